The van der Waals surface area contributed by atoms with Gasteiger partial charge in [-0.05, 0) is 66.8 Å². The number of phenolic OH excluding ortho intramolecular Hbond substituents is 1. The fourth-order valence-corrected chi connectivity index (χ4v) is 4.37. The van der Waals surface area contributed by atoms with Gasteiger partial charge in [-0.3, -0.25) is 4.79 Å². The number of halogens is 1. The van der Waals surface area contributed by atoms with Crippen molar-refractivity contribution >= 4 is 29.2 Å². The van der Waals surface area contributed by atoms with Crippen LogP contribution in [0.2, 0.25) is 5.02 Å². The Hall–Kier alpha value is -4.10. The van der Waals surface area contributed by atoms with E-state index in [-0.39, 0.29) is 30.2 Å². The van der Waals surface area contributed by atoms with Crippen molar-refractivity contribution in [1.29, 1.82) is 0 Å². The molecule has 0 atom stereocenters. The van der Waals surface area contributed by atoms with Gasteiger partial charge in [-0.2, -0.15) is 9.78 Å². The molecule has 0 aliphatic heterocycles. The minimum absolute atomic E-state index is 0.0393. The summed E-state index contributed by atoms with van der Waals surface area (Å²) >= 11 is 6.21. The third-order valence-electron chi connectivity index (χ3n) is 6.47. The lowest BCUT2D eigenvalue weighted by Crippen LogP contribution is -2.30. The van der Waals surface area contributed by atoms with E-state index in [0.29, 0.717) is 27.5 Å². The number of aryl methyl sites for hydroxylation is 1. The number of phenols is 1. The maximum Gasteiger partial charge on any atom is 0.342 e. The molecular weight excluding hydrogens is 488 g/mol. The number of hydrogen-bond donors (Lipinski definition) is 3. The molecule has 1 aliphatic carbocycles. The van der Waals surface area contributed by atoms with Gasteiger partial charge in [-0.15, -0.1) is 0 Å². The molecule has 4 aromatic rings. The minimum Gasteiger partial charge on any atom is -0.507 e. The molecule has 1 aromatic heterocycles. The molecule has 0 saturated heterocycles. The Morgan fingerprint density at radius 2 is 1.81 bits per heavy atom. The van der Waals surface area contributed by atoms with Crippen LogP contribution in [0.5, 0.6) is 5.75 Å². The highest BCUT2D eigenvalue weighted by atomic mass is 35.5. The van der Waals surface area contributed by atoms with Crippen LogP contribution in [0.15, 0.2) is 72.8 Å². The highest BCUT2D eigenvalue weighted by Crippen LogP contribution is 2.42. The number of rotatable bonds is 7. The lowest BCUT2D eigenvalue weighted by atomic mass is 10.1. The number of carbonyl (C=O) groups excluding carboxylic acids is 2. The van der Waals surface area contributed by atoms with E-state index in [2.05, 4.69) is 22.7 Å². The fraction of sp³-hybridized carbons (Fsp3) is 0.207. The number of benzene rings is 3. The largest absolute Gasteiger partial charge is 0.507 e. The summed E-state index contributed by atoms with van der Waals surface area (Å²) in [6.45, 7) is 2.34. The Labute approximate surface area is 220 Å². The Balaban J connectivity index is 1.33. The molecule has 1 fully saturated rings. The average Bonchev–Trinajstić information content (AvgIpc) is 3.66. The highest BCUT2D eigenvalue weighted by molar-refractivity contribution is 6.31. The van der Waals surface area contributed by atoms with Gasteiger partial charge in [-0.1, -0.05) is 48.9 Å². The van der Waals surface area contributed by atoms with E-state index in [4.69, 9.17) is 11.6 Å². The lowest BCUT2D eigenvalue weighted by Gasteiger charge is -2.09. The number of aromatic nitrogens is 2. The third kappa shape index (κ3) is 5.52. The van der Waals surface area contributed by atoms with Crippen LogP contribution in [0.3, 0.4) is 0 Å². The molecule has 0 radical (unpaired) electrons. The van der Waals surface area contributed by atoms with E-state index in [1.807, 2.05) is 36.4 Å². The van der Waals surface area contributed by atoms with Gasteiger partial charge in [0, 0.05) is 40.4 Å². The summed E-state index contributed by atoms with van der Waals surface area (Å²) in [4.78, 5) is 25.6. The maximum absolute atomic E-state index is 13.0. The minimum atomic E-state index is -0.356. The second kappa shape index (κ2) is 10.5. The average molecular weight is 515 g/mol. The van der Waals surface area contributed by atoms with Gasteiger partial charge in [0.1, 0.15) is 5.75 Å². The van der Waals surface area contributed by atoms with E-state index in [0.717, 1.165) is 36.1 Å². The normalized spacial score (nSPS) is 12.8. The smallest absolute Gasteiger partial charge is 0.342 e. The van der Waals surface area contributed by atoms with Crippen molar-refractivity contribution in [2.75, 3.05) is 5.32 Å². The highest BCUT2D eigenvalue weighted by Gasteiger charge is 2.30. The quantitative estimate of drug-likeness (QED) is 0.267. The standard InChI is InChI=1S/C29H27ClN4O3/c1-2-18-7-9-20(10-8-18)28(36)32-22-13-14-23(27(35)15-22)25-16-26(19-11-12-19)34(33-25)29(37)31-17-21-5-3-4-6-24(21)30/h3-10,13-16,19,35H,2,11-12,17H2,1H3,(H,31,37)(H,32,36). The predicted molar refractivity (Wildman–Crippen MR) is 144 cm³/mol. The number of carbonyl (C=O) groups is 2. The first-order valence-corrected chi connectivity index (χ1v) is 12.7. The van der Waals surface area contributed by atoms with E-state index in [1.165, 1.54) is 10.7 Å². The van der Waals surface area contributed by atoms with Crippen molar-refractivity contribution in [3.8, 4) is 17.0 Å². The fourth-order valence-electron chi connectivity index (χ4n) is 4.17. The zero-order valence-corrected chi connectivity index (χ0v) is 21.1. The van der Waals surface area contributed by atoms with Gasteiger partial charge in [0.2, 0.25) is 0 Å². The maximum atomic E-state index is 13.0. The predicted octanol–water partition coefficient (Wildman–Crippen LogP) is 6.36. The lowest BCUT2D eigenvalue weighted by molar-refractivity contribution is 0.102. The first kappa shape index (κ1) is 24.6. The molecule has 0 spiro atoms. The number of aromatic hydroxyl groups is 1. The third-order valence-corrected chi connectivity index (χ3v) is 6.84. The SMILES string of the molecule is CCc1ccc(C(=O)Nc2ccc(-c3cc(C4CC4)n(C(=O)NCc4ccccc4Cl)n3)c(O)c2)cc1. The van der Waals surface area contributed by atoms with Crippen LogP contribution < -0.4 is 10.6 Å². The van der Waals surface area contributed by atoms with Crippen molar-refractivity contribution in [2.24, 2.45) is 0 Å². The van der Waals surface area contributed by atoms with Gasteiger partial charge in [0.25, 0.3) is 5.91 Å². The molecule has 3 N–H and O–H groups in total. The molecule has 0 unspecified atom stereocenters. The second-order valence-corrected chi connectivity index (χ2v) is 9.53. The molecule has 5 rings (SSSR count). The molecule has 1 heterocycles. The Kier molecular flexibility index (Phi) is 6.97. The summed E-state index contributed by atoms with van der Waals surface area (Å²) in [7, 11) is 0. The Morgan fingerprint density at radius 1 is 1.05 bits per heavy atom. The van der Waals surface area contributed by atoms with Crippen molar-refractivity contribution in [1.82, 2.24) is 15.1 Å². The summed E-state index contributed by atoms with van der Waals surface area (Å²) in [6.07, 6.45) is 2.87. The van der Waals surface area contributed by atoms with Gasteiger partial charge in [0.05, 0.1) is 11.4 Å². The molecule has 1 aliphatic rings. The molecular formula is C29H27ClN4O3. The molecule has 8 heteroatoms. The van der Waals surface area contributed by atoms with Crippen LogP contribution in [0, 0.1) is 0 Å². The van der Waals surface area contributed by atoms with E-state index in [9.17, 15) is 14.7 Å². The first-order chi connectivity index (χ1) is 17.9. The van der Waals surface area contributed by atoms with Crippen LogP contribution in [-0.4, -0.2) is 26.8 Å². The Bertz CT molecular complexity index is 1460. The molecule has 188 valence electrons. The van der Waals surface area contributed by atoms with Gasteiger partial charge in [-0.25, -0.2) is 4.79 Å². The molecule has 2 amide bonds. The molecule has 3 aromatic carbocycles. The summed E-state index contributed by atoms with van der Waals surface area (Å²) in [5, 5.41) is 21.6. The topological polar surface area (TPSA) is 96.3 Å². The number of nitrogens with one attached hydrogen (secondary N) is 2. The molecule has 1 saturated carbocycles. The van der Waals surface area contributed by atoms with E-state index in [1.54, 1.807) is 30.3 Å². The monoisotopic (exact) mass is 514 g/mol. The number of anilines is 1. The number of nitrogens with zero attached hydrogens (tertiary/aromatic N) is 2. The van der Waals surface area contributed by atoms with Crippen molar-refractivity contribution in [2.45, 2.75) is 38.6 Å². The zero-order chi connectivity index (χ0) is 25.9. The van der Waals surface area contributed by atoms with Gasteiger partial charge >= 0.3 is 6.03 Å². The van der Waals surface area contributed by atoms with Gasteiger partial charge < -0.3 is 15.7 Å². The molecule has 7 nitrogen and oxygen atoms in total. The van der Waals surface area contributed by atoms with E-state index < -0.39 is 0 Å². The Morgan fingerprint density at radius 3 is 2.49 bits per heavy atom. The van der Waals surface area contributed by atoms with Crippen molar-refractivity contribution in [3.05, 3.63) is 100 Å². The first-order valence-electron chi connectivity index (χ1n) is 12.3. The van der Waals surface area contributed by atoms with Crippen molar-refractivity contribution < 1.29 is 14.7 Å². The van der Waals surface area contributed by atoms with Gasteiger partial charge in [0.15, 0.2) is 0 Å². The van der Waals surface area contributed by atoms with Crippen LogP contribution in [0.1, 0.15) is 52.9 Å². The summed E-state index contributed by atoms with van der Waals surface area (Å²) < 4.78 is 1.37. The molecule has 37 heavy (non-hydrogen) atoms. The van der Waals surface area contributed by atoms with Crippen LogP contribution in [0.4, 0.5) is 10.5 Å². The number of hydrogen-bond acceptors (Lipinski definition) is 4. The van der Waals surface area contributed by atoms with Crippen molar-refractivity contribution in [3.63, 3.8) is 0 Å². The number of amides is 2. The van der Waals surface area contributed by atoms with Crippen LogP contribution >= 0.6 is 11.6 Å². The van der Waals surface area contributed by atoms with E-state index >= 15 is 0 Å². The summed E-state index contributed by atoms with van der Waals surface area (Å²) in [5.74, 6) is -0.0417. The van der Waals surface area contributed by atoms with Crippen LogP contribution in [-0.2, 0) is 13.0 Å². The zero-order valence-electron chi connectivity index (χ0n) is 20.4. The summed E-state index contributed by atoms with van der Waals surface area (Å²) in [6, 6.07) is 21.1. The second-order valence-electron chi connectivity index (χ2n) is 9.13. The molecule has 0 bridgehead atoms. The summed E-state index contributed by atoms with van der Waals surface area (Å²) in [5.41, 5.74) is 4.74. The van der Waals surface area contributed by atoms with Crippen LogP contribution in [0.25, 0.3) is 11.3 Å².